The van der Waals surface area contributed by atoms with Crippen LogP contribution in [-0.2, 0) is 19.8 Å². The zero-order valence-electron chi connectivity index (χ0n) is 17.8. The maximum Gasteiger partial charge on any atom is 0.239 e. The van der Waals surface area contributed by atoms with Crippen LogP contribution in [0, 0.1) is 5.41 Å². The average molecular weight is 396 g/mol. The van der Waals surface area contributed by atoms with Crippen LogP contribution in [0.5, 0.6) is 0 Å². The zero-order chi connectivity index (χ0) is 21.8. The fraction of sp³-hybridized carbons (Fsp3) is 0.348. The number of benzene rings is 2. The molecule has 0 fully saturated rings. The molecule has 6 heteroatoms. The normalized spacial score (nSPS) is 11.5. The predicted octanol–water partition coefficient (Wildman–Crippen LogP) is 4.55. The third-order valence-electron chi connectivity index (χ3n) is 4.61. The van der Waals surface area contributed by atoms with Crippen LogP contribution in [-0.4, -0.2) is 17.7 Å². The van der Waals surface area contributed by atoms with Crippen LogP contribution in [0.25, 0.3) is 0 Å². The van der Waals surface area contributed by atoms with Crippen LogP contribution >= 0.6 is 0 Å². The van der Waals surface area contributed by atoms with E-state index < -0.39 is 17.2 Å². The minimum absolute atomic E-state index is 0.0250. The lowest BCUT2D eigenvalue weighted by atomic mass is 9.87. The first kappa shape index (κ1) is 22.1. The molecule has 2 rings (SSSR count). The number of hydrogen-bond donors (Lipinski definition) is 3. The molecule has 0 aliphatic rings. The number of carbonyl (C=O) groups is 3. The Hall–Kier alpha value is -3.15. The molecule has 0 aliphatic heterocycles. The second-order valence-corrected chi connectivity index (χ2v) is 8.62. The van der Waals surface area contributed by atoms with E-state index in [4.69, 9.17) is 0 Å². The molecule has 2 aromatic rings. The summed E-state index contributed by atoms with van der Waals surface area (Å²) in [5.41, 5.74) is 1.72. The van der Waals surface area contributed by atoms with Gasteiger partial charge in [0.1, 0.15) is 5.41 Å². The fourth-order valence-corrected chi connectivity index (χ4v) is 2.57. The lowest BCUT2D eigenvalue weighted by molar-refractivity contribution is -0.135. The van der Waals surface area contributed by atoms with E-state index in [0.717, 1.165) is 5.56 Å². The summed E-state index contributed by atoms with van der Waals surface area (Å²) in [6, 6.07) is 14.3. The molecule has 3 N–H and O–H groups in total. The van der Waals surface area contributed by atoms with Crippen molar-refractivity contribution in [1.82, 2.24) is 0 Å². The van der Waals surface area contributed by atoms with Crippen LogP contribution < -0.4 is 16.0 Å². The SMILES string of the molecule is CC(=O)Nc1ccc(NC(=O)C(C)(C)C(=O)Nc2ccc(C(C)(C)C)cc2)cc1. The molecule has 0 bridgehead atoms. The molecule has 29 heavy (non-hydrogen) atoms. The van der Waals surface area contributed by atoms with Gasteiger partial charge in [-0.1, -0.05) is 32.9 Å². The molecule has 3 amide bonds. The summed E-state index contributed by atoms with van der Waals surface area (Å²) in [5, 5.41) is 8.22. The second-order valence-electron chi connectivity index (χ2n) is 8.62. The molecular weight excluding hydrogens is 366 g/mol. The van der Waals surface area contributed by atoms with Gasteiger partial charge in [0.05, 0.1) is 0 Å². The molecule has 0 heterocycles. The van der Waals surface area contributed by atoms with Gasteiger partial charge in [0.15, 0.2) is 0 Å². The van der Waals surface area contributed by atoms with Gasteiger partial charge in [0.25, 0.3) is 0 Å². The van der Waals surface area contributed by atoms with Crippen molar-refractivity contribution in [1.29, 1.82) is 0 Å². The van der Waals surface area contributed by atoms with E-state index in [1.165, 1.54) is 6.92 Å². The summed E-state index contributed by atoms with van der Waals surface area (Å²) in [7, 11) is 0. The van der Waals surface area contributed by atoms with Crippen LogP contribution in [0.15, 0.2) is 48.5 Å². The summed E-state index contributed by atoms with van der Waals surface area (Å²) in [4.78, 5) is 36.5. The van der Waals surface area contributed by atoms with Gasteiger partial charge in [0.2, 0.25) is 17.7 Å². The quantitative estimate of drug-likeness (QED) is 0.649. The van der Waals surface area contributed by atoms with Crippen LogP contribution in [0.1, 0.15) is 47.1 Å². The Morgan fingerprint density at radius 2 is 0.966 bits per heavy atom. The zero-order valence-corrected chi connectivity index (χ0v) is 17.8. The van der Waals surface area contributed by atoms with E-state index in [1.54, 1.807) is 38.1 Å². The molecule has 0 unspecified atom stereocenters. The summed E-state index contributed by atoms with van der Waals surface area (Å²) in [5.74, 6) is -0.989. The van der Waals surface area contributed by atoms with E-state index in [-0.39, 0.29) is 11.3 Å². The van der Waals surface area contributed by atoms with Crippen molar-refractivity contribution >= 4 is 34.8 Å². The Labute approximate surface area is 172 Å². The highest BCUT2D eigenvalue weighted by Crippen LogP contribution is 2.25. The molecule has 6 nitrogen and oxygen atoms in total. The minimum atomic E-state index is -1.28. The molecule has 0 saturated carbocycles. The molecule has 0 saturated heterocycles. The molecule has 0 spiro atoms. The Morgan fingerprint density at radius 1 is 0.621 bits per heavy atom. The van der Waals surface area contributed by atoms with Crippen molar-refractivity contribution in [3.05, 3.63) is 54.1 Å². The predicted molar refractivity (Wildman–Crippen MR) is 117 cm³/mol. The maximum absolute atomic E-state index is 12.7. The van der Waals surface area contributed by atoms with Gasteiger partial charge in [-0.2, -0.15) is 0 Å². The first-order valence-electron chi connectivity index (χ1n) is 9.51. The van der Waals surface area contributed by atoms with Gasteiger partial charge < -0.3 is 16.0 Å². The van der Waals surface area contributed by atoms with Gasteiger partial charge >= 0.3 is 0 Å². The number of carbonyl (C=O) groups excluding carboxylic acids is 3. The van der Waals surface area contributed by atoms with E-state index in [0.29, 0.717) is 17.1 Å². The van der Waals surface area contributed by atoms with E-state index in [9.17, 15) is 14.4 Å². The molecule has 154 valence electrons. The van der Waals surface area contributed by atoms with Gasteiger partial charge in [-0.05, 0) is 61.2 Å². The molecular formula is C23H29N3O3. The third-order valence-corrected chi connectivity index (χ3v) is 4.61. The molecule has 0 radical (unpaired) electrons. The number of rotatable bonds is 5. The summed E-state index contributed by atoms with van der Waals surface area (Å²) in [6.45, 7) is 10.9. The Bertz CT molecular complexity index is 892. The van der Waals surface area contributed by atoms with E-state index in [1.807, 2.05) is 24.3 Å². The highest BCUT2D eigenvalue weighted by atomic mass is 16.2. The van der Waals surface area contributed by atoms with Crippen LogP contribution in [0.3, 0.4) is 0 Å². The van der Waals surface area contributed by atoms with Crippen LogP contribution in [0.2, 0.25) is 0 Å². The number of hydrogen-bond acceptors (Lipinski definition) is 3. The molecule has 0 aromatic heterocycles. The summed E-state index contributed by atoms with van der Waals surface area (Å²) in [6.07, 6.45) is 0. The second kappa shape index (κ2) is 8.47. The van der Waals surface area contributed by atoms with Crippen LogP contribution in [0.4, 0.5) is 17.1 Å². The Kier molecular flexibility index (Phi) is 6.47. The molecule has 2 aromatic carbocycles. The van der Waals surface area contributed by atoms with Gasteiger partial charge in [-0.15, -0.1) is 0 Å². The Morgan fingerprint density at radius 3 is 1.31 bits per heavy atom. The molecule has 0 aliphatic carbocycles. The monoisotopic (exact) mass is 395 g/mol. The van der Waals surface area contributed by atoms with Crippen molar-refractivity contribution in [3.63, 3.8) is 0 Å². The van der Waals surface area contributed by atoms with Gasteiger partial charge in [0, 0.05) is 24.0 Å². The summed E-state index contributed by atoms with van der Waals surface area (Å²) < 4.78 is 0. The summed E-state index contributed by atoms with van der Waals surface area (Å²) >= 11 is 0. The van der Waals surface area contributed by atoms with Crippen molar-refractivity contribution < 1.29 is 14.4 Å². The fourth-order valence-electron chi connectivity index (χ4n) is 2.57. The highest BCUT2D eigenvalue weighted by molar-refractivity contribution is 6.14. The van der Waals surface area contributed by atoms with Crippen molar-refractivity contribution in [3.8, 4) is 0 Å². The largest absolute Gasteiger partial charge is 0.326 e. The molecule has 0 atom stereocenters. The van der Waals surface area contributed by atoms with E-state index in [2.05, 4.69) is 36.7 Å². The van der Waals surface area contributed by atoms with Gasteiger partial charge in [-0.25, -0.2) is 0 Å². The van der Waals surface area contributed by atoms with Gasteiger partial charge in [-0.3, -0.25) is 14.4 Å². The number of nitrogens with one attached hydrogen (secondary N) is 3. The highest BCUT2D eigenvalue weighted by Gasteiger charge is 2.36. The minimum Gasteiger partial charge on any atom is -0.326 e. The third kappa shape index (κ3) is 5.91. The smallest absolute Gasteiger partial charge is 0.239 e. The van der Waals surface area contributed by atoms with E-state index >= 15 is 0 Å². The van der Waals surface area contributed by atoms with Crippen molar-refractivity contribution in [2.24, 2.45) is 5.41 Å². The lowest BCUT2D eigenvalue weighted by Crippen LogP contribution is -2.41. The van der Waals surface area contributed by atoms with Crippen molar-refractivity contribution in [2.75, 3.05) is 16.0 Å². The topological polar surface area (TPSA) is 87.3 Å². The standard InChI is InChI=1S/C23H29N3O3/c1-15(27)24-17-11-13-19(14-12-17)26-21(29)23(5,6)20(28)25-18-9-7-16(8-10-18)22(2,3)4/h7-14H,1-6H3,(H,24,27)(H,25,28)(H,26,29). The maximum atomic E-state index is 12.7. The first-order chi connectivity index (χ1) is 13.4. The lowest BCUT2D eigenvalue weighted by Gasteiger charge is -2.23. The van der Waals surface area contributed by atoms with Crippen molar-refractivity contribution in [2.45, 2.75) is 47.0 Å². The number of amides is 3. The Balaban J connectivity index is 2.03. The first-order valence-corrected chi connectivity index (χ1v) is 9.51. The number of anilines is 3. The average Bonchev–Trinajstić information content (AvgIpc) is 2.62.